The number of benzene rings is 3. The van der Waals surface area contributed by atoms with Crippen molar-refractivity contribution in [3.63, 3.8) is 0 Å². The van der Waals surface area contributed by atoms with Gasteiger partial charge in [-0.05, 0) is 47.8 Å². The zero-order chi connectivity index (χ0) is 17.8. The number of carbonyl (C=O) groups is 1. The largest absolute Gasteiger partial charge is 0.506 e. The molecule has 0 aliphatic heterocycles. The van der Waals surface area contributed by atoms with Gasteiger partial charge in [-0.1, -0.05) is 49.4 Å². The van der Waals surface area contributed by atoms with Crippen LogP contribution in [0.15, 0.2) is 60.7 Å². The Balaban J connectivity index is 1.76. The van der Waals surface area contributed by atoms with Gasteiger partial charge in [0, 0.05) is 10.9 Å². The Morgan fingerprint density at radius 1 is 1.04 bits per heavy atom. The Hall–Kier alpha value is -2.92. The number of phenolic OH excluding ortho intramolecular Hbond substituents is 1. The highest BCUT2D eigenvalue weighted by atomic mass is 32.1. The maximum atomic E-state index is 12.3. The molecule has 25 heavy (non-hydrogen) atoms. The van der Waals surface area contributed by atoms with Crippen molar-refractivity contribution in [2.24, 2.45) is 0 Å². The maximum Gasteiger partial charge on any atom is 0.257 e. The minimum absolute atomic E-state index is 0.0718. The van der Waals surface area contributed by atoms with Crippen LogP contribution < -0.4 is 10.6 Å². The van der Waals surface area contributed by atoms with Gasteiger partial charge in [0.25, 0.3) is 5.91 Å². The molecule has 0 spiro atoms. The number of hydrogen-bond acceptors (Lipinski definition) is 3. The van der Waals surface area contributed by atoms with Gasteiger partial charge in [0.05, 0.1) is 5.69 Å². The van der Waals surface area contributed by atoms with Gasteiger partial charge in [-0.3, -0.25) is 10.1 Å². The molecule has 3 rings (SSSR count). The van der Waals surface area contributed by atoms with E-state index in [1.165, 1.54) is 0 Å². The summed E-state index contributed by atoms with van der Waals surface area (Å²) in [6, 6.07) is 18.4. The molecule has 0 fully saturated rings. The fourth-order valence-electron chi connectivity index (χ4n) is 2.60. The van der Waals surface area contributed by atoms with Gasteiger partial charge >= 0.3 is 0 Å². The van der Waals surface area contributed by atoms with Gasteiger partial charge < -0.3 is 10.4 Å². The van der Waals surface area contributed by atoms with Gasteiger partial charge in [-0.25, -0.2) is 0 Å². The Bertz CT molecular complexity index is 936. The van der Waals surface area contributed by atoms with Gasteiger partial charge in [-0.2, -0.15) is 0 Å². The minimum Gasteiger partial charge on any atom is -0.506 e. The standard InChI is InChI=1S/C20H18N2O2S/c1-2-13-7-9-15(10-8-13)19(24)22-20(25)21-18-16-6-4-3-5-14(16)11-12-17(18)23/h3-12,23H,2H2,1H3,(H2,21,22,24,25). The van der Waals surface area contributed by atoms with Crippen LogP contribution in [0.25, 0.3) is 10.8 Å². The molecule has 0 radical (unpaired) electrons. The number of thiocarbonyl (C=S) groups is 1. The quantitative estimate of drug-likeness (QED) is 0.488. The molecule has 0 unspecified atom stereocenters. The summed E-state index contributed by atoms with van der Waals surface area (Å²) in [6.07, 6.45) is 0.919. The fourth-order valence-corrected chi connectivity index (χ4v) is 2.80. The lowest BCUT2D eigenvalue weighted by Gasteiger charge is -2.13. The van der Waals surface area contributed by atoms with Crippen molar-refractivity contribution in [2.45, 2.75) is 13.3 Å². The number of phenols is 1. The van der Waals surface area contributed by atoms with Crippen molar-refractivity contribution < 1.29 is 9.90 Å². The van der Waals surface area contributed by atoms with E-state index in [2.05, 4.69) is 17.6 Å². The van der Waals surface area contributed by atoms with Crippen LogP contribution in [0, 0.1) is 0 Å². The van der Waals surface area contributed by atoms with Crippen molar-refractivity contribution >= 4 is 39.7 Å². The first-order valence-corrected chi connectivity index (χ1v) is 8.41. The number of carbonyl (C=O) groups excluding carboxylic acids is 1. The minimum atomic E-state index is -0.292. The summed E-state index contributed by atoms with van der Waals surface area (Å²) in [7, 11) is 0. The smallest absolute Gasteiger partial charge is 0.257 e. The Labute approximate surface area is 151 Å². The highest BCUT2D eigenvalue weighted by molar-refractivity contribution is 7.80. The van der Waals surface area contributed by atoms with Crippen LogP contribution >= 0.6 is 12.2 Å². The summed E-state index contributed by atoms with van der Waals surface area (Å²) in [5.74, 6) is -0.220. The van der Waals surface area contributed by atoms with Gasteiger partial charge in [0.1, 0.15) is 5.75 Å². The fraction of sp³-hybridized carbons (Fsp3) is 0.100. The van der Waals surface area contributed by atoms with Gasteiger partial charge in [0.15, 0.2) is 5.11 Å². The van der Waals surface area contributed by atoms with E-state index < -0.39 is 0 Å². The second-order valence-electron chi connectivity index (χ2n) is 5.64. The normalized spacial score (nSPS) is 10.4. The van der Waals surface area contributed by atoms with Crippen LogP contribution in [0.5, 0.6) is 5.75 Å². The molecular formula is C20H18N2O2S. The van der Waals surface area contributed by atoms with Crippen LogP contribution in [0.2, 0.25) is 0 Å². The number of rotatable bonds is 3. The average molecular weight is 350 g/mol. The third kappa shape index (κ3) is 3.78. The monoisotopic (exact) mass is 350 g/mol. The molecule has 0 atom stereocenters. The first kappa shape index (κ1) is 16.9. The van der Waals surface area contributed by atoms with Gasteiger partial charge in [-0.15, -0.1) is 0 Å². The second-order valence-corrected chi connectivity index (χ2v) is 6.05. The molecular weight excluding hydrogens is 332 g/mol. The van der Waals surface area contributed by atoms with Crippen LogP contribution in [0.3, 0.4) is 0 Å². The van der Waals surface area contributed by atoms with E-state index in [-0.39, 0.29) is 16.8 Å². The summed E-state index contributed by atoms with van der Waals surface area (Å²) in [4.78, 5) is 12.3. The van der Waals surface area contributed by atoms with E-state index in [1.54, 1.807) is 18.2 Å². The first-order valence-electron chi connectivity index (χ1n) is 8.00. The molecule has 4 nitrogen and oxygen atoms in total. The highest BCUT2D eigenvalue weighted by Gasteiger charge is 2.11. The summed E-state index contributed by atoms with van der Waals surface area (Å²) in [5.41, 5.74) is 2.17. The molecule has 5 heteroatoms. The zero-order valence-electron chi connectivity index (χ0n) is 13.7. The van der Waals surface area contributed by atoms with Crippen molar-refractivity contribution in [2.75, 3.05) is 5.32 Å². The number of fused-ring (bicyclic) bond motifs is 1. The SMILES string of the molecule is CCc1ccc(C(=O)NC(=S)Nc2c(O)ccc3ccccc23)cc1. The molecule has 0 aromatic heterocycles. The molecule has 0 saturated carbocycles. The van der Waals surface area contributed by atoms with Crippen LogP contribution in [-0.2, 0) is 6.42 Å². The lowest BCUT2D eigenvalue weighted by Crippen LogP contribution is -2.34. The molecule has 3 aromatic carbocycles. The van der Waals surface area contributed by atoms with E-state index in [1.807, 2.05) is 42.5 Å². The van der Waals surface area contributed by atoms with Crippen LogP contribution in [0.4, 0.5) is 5.69 Å². The van der Waals surface area contributed by atoms with E-state index >= 15 is 0 Å². The van der Waals surface area contributed by atoms with Crippen LogP contribution in [-0.4, -0.2) is 16.1 Å². The van der Waals surface area contributed by atoms with E-state index in [4.69, 9.17) is 12.2 Å². The average Bonchev–Trinajstić information content (AvgIpc) is 2.64. The summed E-state index contributed by atoms with van der Waals surface area (Å²) >= 11 is 5.23. The molecule has 0 bridgehead atoms. The molecule has 3 N–H and O–H groups in total. The summed E-state index contributed by atoms with van der Waals surface area (Å²) < 4.78 is 0. The lowest BCUT2D eigenvalue weighted by atomic mass is 10.1. The number of aryl methyl sites for hydroxylation is 1. The Morgan fingerprint density at radius 2 is 1.76 bits per heavy atom. The van der Waals surface area contributed by atoms with E-state index in [9.17, 15) is 9.90 Å². The molecule has 0 aliphatic carbocycles. The third-order valence-corrected chi connectivity index (χ3v) is 4.20. The summed E-state index contributed by atoms with van der Waals surface area (Å²) in [6.45, 7) is 2.06. The molecule has 3 aromatic rings. The Morgan fingerprint density at radius 3 is 2.48 bits per heavy atom. The third-order valence-electron chi connectivity index (χ3n) is 4.00. The Kier molecular flexibility index (Phi) is 4.95. The molecule has 0 saturated heterocycles. The zero-order valence-corrected chi connectivity index (χ0v) is 14.6. The predicted molar refractivity (Wildman–Crippen MR) is 105 cm³/mol. The van der Waals surface area contributed by atoms with E-state index in [0.717, 1.165) is 22.8 Å². The number of anilines is 1. The molecule has 0 heterocycles. The summed E-state index contributed by atoms with van der Waals surface area (Å²) in [5, 5.41) is 17.6. The van der Waals surface area contributed by atoms with Crippen LogP contribution in [0.1, 0.15) is 22.8 Å². The lowest BCUT2D eigenvalue weighted by molar-refractivity contribution is 0.0977. The van der Waals surface area contributed by atoms with E-state index in [0.29, 0.717) is 11.3 Å². The van der Waals surface area contributed by atoms with Crippen molar-refractivity contribution in [1.82, 2.24) is 5.32 Å². The maximum absolute atomic E-state index is 12.3. The predicted octanol–water partition coefficient (Wildman–Crippen LogP) is 4.23. The number of amides is 1. The molecule has 1 amide bonds. The van der Waals surface area contributed by atoms with Gasteiger partial charge in [0.2, 0.25) is 0 Å². The number of nitrogens with one attached hydrogen (secondary N) is 2. The molecule has 0 aliphatic rings. The van der Waals surface area contributed by atoms with Crippen molar-refractivity contribution in [3.05, 3.63) is 71.8 Å². The van der Waals surface area contributed by atoms with Crippen molar-refractivity contribution in [1.29, 1.82) is 0 Å². The topological polar surface area (TPSA) is 61.4 Å². The van der Waals surface area contributed by atoms with Crippen molar-refractivity contribution in [3.8, 4) is 5.75 Å². The second kappa shape index (κ2) is 7.32. The molecule has 126 valence electrons. The first-order chi connectivity index (χ1) is 12.1. The number of aromatic hydroxyl groups is 1. The number of hydrogen-bond donors (Lipinski definition) is 3. The highest BCUT2D eigenvalue weighted by Crippen LogP contribution is 2.32.